The molecule has 2 rings (SSSR count). The molecule has 2 aromatic rings. The van der Waals surface area contributed by atoms with Gasteiger partial charge in [0.25, 0.3) is 0 Å². The van der Waals surface area contributed by atoms with E-state index in [1.807, 2.05) is 0 Å². The second-order valence-corrected chi connectivity index (χ2v) is 6.07. The average molecular weight is 285 g/mol. The largest absolute Gasteiger partial charge is 0.357 e. The summed E-state index contributed by atoms with van der Waals surface area (Å²) in [6, 6.07) is 11.6. The van der Waals surface area contributed by atoms with Crippen LogP contribution in [0.5, 0.6) is 0 Å². The predicted molar refractivity (Wildman–Crippen MR) is 91.9 cm³/mol. The summed E-state index contributed by atoms with van der Waals surface area (Å²) >= 11 is 0. The molecule has 1 unspecified atom stereocenters. The van der Waals surface area contributed by atoms with E-state index >= 15 is 0 Å². The maximum atomic E-state index is 4.91. The van der Waals surface area contributed by atoms with E-state index in [0.717, 1.165) is 24.3 Å². The molecule has 0 aliphatic heterocycles. The van der Waals surface area contributed by atoms with Crippen LogP contribution < -0.4 is 10.2 Å². The van der Waals surface area contributed by atoms with Gasteiger partial charge in [0, 0.05) is 36.6 Å². The molecule has 21 heavy (non-hydrogen) atoms. The van der Waals surface area contributed by atoms with Gasteiger partial charge < -0.3 is 10.2 Å². The molecule has 1 N–H and O–H groups in total. The van der Waals surface area contributed by atoms with Gasteiger partial charge in [-0.25, -0.2) is 4.98 Å². The summed E-state index contributed by atoms with van der Waals surface area (Å²) in [7, 11) is 2.14. The smallest absolute Gasteiger partial charge is 0.133 e. The molecule has 0 saturated carbocycles. The SMILES string of the molecule is CCC(C)N(C)c1nc2ccccc2cc1CNC(C)C. The third kappa shape index (κ3) is 3.73. The van der Waals surface area contributed by atoms with Crippen molar-refractivity contribution in [3.05, 3.63) is 35.9 Å². The third-order valence-electron chi connectivity index (χ3n) is 4.07. The Kier molecular flexibility index (Phi) is 5.18. The van der Waals surface area contributed by atoms with Crippen LogP contribution in [0.25, 0.3) is 10.9 Å². The Morgan fingerprint density at radius 3 is 2.57 bits per heavy atom. The lowest BCUT2D eigenvalue weighted by Gasteiger charge is -2.28. The Labute approximate surface area is 128 Å². The van der Waals surface area contributed by atoms with E-state index in [4.69, 9.17) is 4.98 Å². The monoisotopic (exact) mass is 285 g/mol. The van der Waals surface area contributed by atoms with E-state index in [9.17, 15) is 0 Å². The second-order valence-electron chi connectivity index (χ2n) is 6.07. The zero-order chi connectivity index (χ0) is 15.4. The van der Waals surface area contributed by atoms with Crippen molar-refractivity contribution in [3.8, 4) is 0 Å². The van der Waals surface area contributed by atoms with Crippen molar-refractivity contribution in [1.29, 1.82) is 0 Å². The summed E-state index contributed by atoms with van der Waals surface area (Å²) in [4.78, 5) is 7.20. The molecule has 0 radical (unpaired) electrons. The standard InChI is InChI=1S/C18H27N3/c1-6-14(4)21(5)18-16(12-19-13(2)3)11-15-9-7-8-10-17(15)20-18/h7-11,13-14,19H,6,12H2,1-5H3. The number of pyridine rings is 1. The first kappa shape index (κ1) is 15.8. The van der Waals surface area contributed by atoms with Gasteiger partial charge in [0.05, 0.1) is 5.52 Å². The highest BCUT2D eigenvalue weighted by Gasteiger charge is 2.15. The van der Waals surface area contributed by atoms with Crippen LogP contribution in [-0.2, 0) is 6.54 Å². The van der Waals surface area contributed by atoms with Crippen molar-refractivity contribution in [3.63, 3.8) is 0 Å². The van der Waals surface area contributed by atoms with Gasteiger partial charge in [0.1, 0.15) is 5.82 Å². The minimum absolute atomic E-state index is 0.471. The second kappa shape index (κ2) is 6.90. The van der Waals surface area contributed by atoms with E-state index in [1.54, 1.807) is 0 Å². The predicted octanol–water partition coefficient (Wildman–Crippen LogP) is 3.97. The molecular weight excluding hydrogens is 258 g/mol. The molecule has 0 bridgehead atoms. The quantitative estimate of drug-likeness (QED) is 0.870. The van der Waals surface area contributed by atoms with E-state index in [2.05, 4.69) is 75.3 Å². The lowest BCUT2D eigenvalue weighted by molar-refractivity contribution is 0.584. The van der Waals surface area contributed by atoms with Crippen molar-refractivity contribution in [2.45, 2.75) is 52.7 Å². The highest BCUT2D eigenvalue weighted by Crippen LogP contribution is 2.25. The molecule has 0 aliphatic carbocycles. The number of para-hydroxylation sites is 1. The van der Waals surface area contributed by atoms with Crippen LogP contribution in [0.3, 0.4) is 0 Å². The highest BCUT2D eigenvalue weighted by atomic mass is 15.2. The van der Waals surface area contributed by atoms with E-state index in [-0.39, 0.29) is 0 Å². The van der Waals surface area contributed by atoms with Crippen molar-refractivity contribution < 1.29 is 0 Å². The van der Waals surface area contributed by atoms with Crippen molar-refractivity contribution in [2.75, 3.05) is 11.9 Å². The van der Waals surface area contributed by atoms with Gasteiger partial charge in [-0.05, 0) is 25.5 Å². The zero-order valence-corrected chi connectivity index (χ0v) is 13.9. The molecule has 1 aromatic heterocycles. The Morgan fingerprint density at radius 2 is 1.90 bits per heavy atom. The maximum Gasteiger partial charge on any atom is 0.133 e. The van der Waals surface area contributed by atoms with Crippen LogP contribution >= 0.6 is 0 Å². The maximum absolute atomic E-state index is 4.91. The van der Waals surface area contributed by atoms with Crippen molar-refractivity contribution in [2.24, 2.45) is 0 Å². The zero-order valence-electron chi connectivity index (χ0n) is 13.9. The van der Waals surface area contributed by atoms with Gasteiger partial charge in [-0.2, -0.15) is 0 Å². The lowest BCUT2D eigenvalue weighted by atomic mass is 10.1. The molecule has 114 valence electrons. The minimum Gasteiger partial charge on any atom is -0.357 e. The Hall–Kier alpha value is -1.61. The minimum atomic E-state index is 0.471. The van der Waals surface area contributed by atoms with Gasteiger partial charge in [0.15, 0.2) is 0 Å². The summed E-state index contributed by atoms with van der Waals surface area (Å²) < 4.78 is 0. The van der Waals surface area contributed by atoms with Gasteiger partial charge in [-0.15, -0.1) is 0 Å². The molecule has 3 heteroatoms. The van der Waals surface area contributed by atoms with E-state index in [0.29, 0.717) is 12.1 Å². The molecule has 1 aromatic carbocycles. The van der Waals surface area contributed by atoms with Gasteiger partial charge in [-0.3, -0.25) is 0 Å². The highest BCUT2D eigenvalue weighted by molar-refractivity contribution is 5.81. The van der Waals surface area contributed by atoms with Crippen LogP contribution in [0.4, 0.5) is 5.82 Å². The van der Waals surface area contributed by atoms with Crippen LogP contribution in [0.15, 0.2) is 30.3 Å². The number of benzene rings is 1. The first-order valence-corrected chi connectivity index (χ1v) is 7.87. The molecule has 3 nitrogen and oxygen atoms in total. The van der Waals surface area contributed by atoms with Gasteiger partial charge in [0.2, 0.25) is 0 Å². The number of hydrogen-bond donors (Lipinski definition) is 1. The number of hydrogen-bond acceptors (Lipinski definition) is 3. The molecule has 1 atom stereocenters. The number of rotatable bonds is 6. The topological polar surface area (TPSA) is 28.2 Å². The number of aromatic nitrogens is 1. The summed E-state index contributed by atoms with van der Waals surface area (Å²) in [6.07, 6.45) is 1.11. The van der Waals surface area contributed by atoms with E-state index in [1.165, 1.54) is 10.9 Å². The molecular formula is C18H27N3. The van der Waals surface area contributed by atoms with E-state index < -0.39 is 0 Å². The number of nitrogens with one attached hydrogen (secondary N) is 1. The molecule has 0 fully saturated rings. The van der Waals surface area contributed by atoms with Gasteiger partial charge in [-0.1, -0.05) is 39.0 Å². The van der Waals surface area contributed by atoms with Gasteiger partial charge >= 0.3 is 0 Å². The fourth-order valence-corrected chi connectivity index (χ4v) is 2.38. The number of anilines is 1. The summed E-state index contributed by atoms with van der Waals surface area (Å²) in [5.74, 6) is 1.09. The molecule has 0 amide bonds. The third-order valence-corrected chi connectivity index (χ3v) is 4.07. The Morgan fingerprint density at radius 1 is 1.19 bits per heavy atom. The lowest BCUT2D eigenvalue weighted by Crippen LogP contribution is -2.31. The Balaban J connectivity index is 2.45. The summed E-state index contributed by atoms with van der Waals surface area (Å²) in [5, 5.41) is 4.72. The van der Waals surface area contributed by atoms with Crippen molar-refractivity contribution in [1.82, 2.24) is 10.3 Å². The van der Waals surface area contributed by atoms with Crippen LogP contribution in [0.1, 0.15) is 39.7 Å². The number of fused-ring (bicyclic) bond motifs is 1. The molecule has 0 aliphatic rings. The average Bonchev–Trinajstić information content (AvgIpc) is 2.50. The van der Waals surface area contributed by atoms with Crippen molar-refractivity contribution >= 4 is 16.7 Å². The Bertz CT molecular complexity index is 592. The van der Waals surface area contributed by atoms with Crippen LogP contribution in [-0.4, -0.2) is 24.1 Å². The summed E-state index contributed by atoms with van der Waals surface area (Å²) in [5.41, 5.74) is 2.33. The molecule has 0 saturated heterocycles. The fraction of sp³-hybridized carbons (Fsp3) is 0.500. The summed E-state index contributed by atoms with van der Waals surface area (Å²) in [6.45, 7) is 9.66. The first-order valence-electron chi connectivity index (χ1n) is 7.87. The molecule has 0 spiro atoms. The normalized spacial score (nSPS) is 12.9. The molecule has 1 heterocycles. The number of nitrogens with zero attached hydrogens (tertiary/aromatic N) is 2. The van der Waals surface area contributed by atoms with Crippen LogP contribution in [0, 0.1) is 0 Å². The van der Waals surface area contributed by atoms with Crippen LogP contribution in [0.2, 0.25) is 0 Å². The first-order chi connectivity index (χ1) is 10.0. The fourth-order valence-electron chi connectivity index (χ4n) is 2.38.